The van der Waals surface area contributed by atoms with Gasteiger partial charge in [-0.3, -0.25) is 0 Å². The Labute approximate surface area is 101 Å². The van der Waals surface area contributed by atoms with E-state index in [1.807, 2.05) is 13.0 Å². The minimum Gasteiger partial charge on any atom is -0.441 e. The summed E-state index contributed by atoms with van der Waals surface area (Å²) in [5.74, 6) is 1.52. The van der Waals surface area contributed by atoms with Crippen LogP contribution >= 0.6 is 0 Å². The summed E-state index contributed by atoms with van der Waals surface area (Å²) in [5, 5.41) is 3.46. The molecule has 0 bridgehead atoms. The van der Waals surface area contributed by atoms with E-state index in [4.69, 9.17) is 4.42 Å². The lowest BCUT2D eigenvalue weighted by molar-refractivity contribution is 0.376. The van der Waals surface area contributed by atoms with Gasteiger partial charge in [0.2, 0.25) is 0 Å². The van der Waals surface area contributed by atoms with Crippen molar-refractivity contribution in [2.75, 3.05) is 13.1 Å². The molecule has 1 saturated heterocycles. The Morgan fingerprint density at radius 1 is 1.47 bits per heavy atom. The molecule has 1 aromatic heterocycles. The van der Waals surface area contributed by atoms with E-state index < -0.39 is 0 Å². The smallest absolute Gasteiger partial charge is 0.192 e. The highest BCUT2D eigenvalue weighted by Gasteiger charge is 2.14. The summed E-state index contributed by atoms with van der Waals surface area (Å²) in [6, 6.07) is 6.38. The number of fused-ring (bicyclic) bond motifs is 1. The highest BCUT2D eigenvalue weighted by molar-refractivity contribution is 5.73. The van der Waals surface area contributed by atoms with Crippen LogP contribution < -0.4 is 5.32 Å². The van der Waals surface area contributed by atoms with Crippen molar-refractivity contribution >= 4 is 11.1 Å². The van der Waals surface area contributed by atoms with Crippen LogP contribution in [-0.4, -0.2) is 18.1 Å². The summed E-state index contributed by atoms with van der Waals surface area (Å²) in [4.78, 5) is 4.38. The summed E-state index contributed by atoms with van der Waals surface area (Å²) in [5.41, 5.74) is 3.26. The number of aryl methyl sites for hydroxylation is 1. The molecule has 1 unspecified atom stereocenters. The van der Waals surface area contributed by atoms with Crippen molar-refractivity contribution in [3.63, 3.8) is 0 Å². The Bertz CT molecular complexity index is 512. The molecular weight excluding hydrogens is 212 g/mol. The maximum absolute atomic E-state index is 5.49. The number of hydrogen-bond acceptors (Lipinski definition) is 3. The van der Waals surface area contributed by atoms with Crippen LogP contribution in [0.1, 0.15) is 24.3 Å². The molecule has 0 spiro atoms. The van der Waals surface area contributed by atoms with Crippen LogP contribution in [0.15, 0.2) is 22.6 Å². The van der Waals surface area contributed by atoms with Gasteiger partial charge in [0.05, 0.1) is 0 Å². The SMILES string of the molecule is Cc1nc2cc(CC3CCCNC3)ccc2o1. The summed E-state index contributed by atoms with van der Waals surface area (Å²) in [7, 11) is 0. The molecule has 1 aliphatic rings. The monoisotopic (exact) mass is 230 g/mol. The quantitative estimate of drug-likeness (QED) is 0.862. The normalized spacial score (nSPS) is 20.9. The molecule has 3 rings (SSSR count). The molecule has 0 aliphatic carbocycles. The first kappa shape index (κ1) is 10.8. The number of hydrogen-bond donors (Lipinski definition) is 1. The Balaban J connectivity index is 1.79. The van der Waals surface area contributed by atoms with E-state index in [-0.39, 0.29) is 0 Å². The molecular formula is C14H18N2O. The molecule has 1 aliphatic heterocycles. The third-order valence-corrected chi connectivity index (χ3v) is 3.48. The van der Waals surface area contributed by atoms with Crippen LogP contribution in [-0.2, 0) is 6.42 Å². The van der Waals surface area contributed by atoms with E-state index in [9.17, 15) is 0 Å². The van der Waals surface area contributed by atoms with Crippen molar-refractivity contribution in [2.24, 2.45) is 5.92 Å². The van der Waals surface area contributed by atoms with Crippen LogP contribution in [0.3, 0.4) is 0 Å². The van der Waals surface area contributed by atoms with Crippen molar-refractivity contribution in [2.45, 2.75) is 26.2 Å². The number of rotatable bonds is 2. The van der Waals surface area contributed by atoms with E-state index in [2.05, 4.69) is 22.4 Å². The predicted molar refractivity (Wildman–Crippen MR) is 68.0 cm³/mol. The molecule has 3 heteroatoms. The van der Waals surface area contributed by atoms with Gasteiger partial charge in [-0.15, -0.1) is 0 Å². The fourth-order valence-corrected chi connectivity index (χ4v) is 2.65. The topological polar surface area (TPSA) is 38.1 Å². The third kappa shape index (κ3) is 2.34. The molecule has 0 radical (unpaired) electrons. The molecule has 0 saturated carbocycles. The number of oxazole rings is 1. The maximum atomic E-state index is 5.49. The van der Waals surface area contributed by atoms with Gasteiger partial charge in [0, 0.05) is 6.92 Å². The minimum absolute atomic E-state index is 0.747. The molecule has 3 nitrogen and oxygen atoms in total. The van der Waals surface area contributed by atoms with Gasteiger partial charge >= 0.3 is 0 Å². The van der Waals surface area contributed by atoms with Gasteiger partial charge < -0.3 is 9.73 Å². The molecule has 1 atom stereocenters. The van der Waals surface area contributed by atoms with E-state index in [0.717, 1.165) is 35.9 Å². The van der Waals surface area contributed by atoms with E-state index in [1.54, 1.807) is 0 Å². The number of benzene rings is 1. The van der Waals surface area contributed by atoms with Crippen LogP contribution in [0.25, 0.3) is 11.1 Å². The van der Waals surface area contributed by atoms with E-state index in [0.29, 0.717) is 0 Å². The summed E-state index contributed by atoms with van der Waals surface area (Å²) in [6.07, 6.45) is 3.79. The Hall–Kier alpha value is -1.35. The highest BCUT2D eigenvalue weighted by atomic mass is 16.3. The fraction of sp³-hybridized carbons (Fsp3) is 0.500. The third-order valence-electron chi connectivity index (χ3n) is 3.48. The van der Waals surface area contributed by atoms with Gasteiger partial charge in [-0.05, 0) is 56.0 Å². The van der Waals surface area contributed by atoms with Gasteiger partial charge in [-0.25, -0.2) is 4.98 Å². The Kier molecular flexibility index (Phi) is 2.85. The molecule has 2 aromatic rings. The van der Waals surface area contributed by atoms with Gasteiger partial charge in [0.25, 0.3) is 0 Å². The van der Waals surface area contributed by atoms with Crippen molar-refractivity contribution in [3.05, 3.63) is 29.7 Å². The Morgan fingerprint density at radius 2 is 2.41 bits per heavy atom. The second-order valence-corrected chi connectivity index (χ2v) is 4.95. The Morgan fingerprint density at radius 3 is 3.24 bits per heavy atom. The average molecular weight is 230 g/mol. The van der Waals surface area contributed by atoms with E-state index in [1.165, 1.54) is 24.9 Å². The van der Waals surface area contributed by atoms with Crippen LogP contribution in [0.2, 0.25) is 0 Å². The summed E-state index contributed by atoms with van der Waals surface area (Å²) >= 11 is 0. The highest BCUT2D eigenvalue weighted by Crippen LogP contribution is 2.21. The van der Waals surface area contributed by atoms with Crippen molar-refractivity contribution < 1.29 is 4.42 Å². The molecule has 17 heavy (non-hydrogen) atoms. The number of piperidine rings is 1. The zero-order chi connectivity index (χ0) is 11.7. The first-order chi connectivity index (χ1) is 8.31. The zero-order valence-electron chi connectivity index (χ0n) is 10.2. The summed E-state index contributed by atoms with van der Waals surface area (Å²) in [6.45, 7) is 4.22. The van der Waals surface area contributed by atoms with Gasteiger partial charge in [0.15, 0.2) is 11.5 Å². The second kappa shape index (κ2) is 4.49. The lowest BCUT2D eigenvalue weighted by atomic mass is 9.92. The predicted octanol–water partition coefficient (Wildman–Crippen LogP) is 2.68. The maximum Gasteiger partial charge on any atom is 0.192 e. The van der Waals surface area contributed by atoms with Gasteiger partial charge in [-0.2, -0.15) is 0 Å². The number of aromatic nitrogens is 1. The lowest BCUT2D eigenvalue weighted by Gasteiger charge is -2.22. The van der Waals surface area contributed by atoms with Crippen molar-refractivity contribution in [1.82, 2.24) is 10.3 Å². The van der Waals surface area contributed by atoms with Crippen molar-refractivity contribution in [3.8, 4) is 0 Å². The van der Waals surface area contributed by atoms with Crippen LogP contribution in [0, 0.1) is 12.8 Å². The second-order valence-electron chi connectivity index (χ2n) is 4.95. The lowest BCUT2D eigenvalue weighted by Crippen LogP contribution is -2.30. The fourth-order valence-electron chi connectivity index (χ4n) is 2.65. The summed E-state index contributed by atoms with van der Waals surface area (Å²) < 4.78 is 5.49. The van der Waals surface area contributed by atoms with Crippen LogP contribution in [0.5, 0.6) is 0 Å². The standard InChI is InChI=1S/C14H18N2O/c1-10-16-13-8-11(4-5-14(13)17-10)7-12-3-2-6-15-9-12/h4-5,8,12,15H,2-3,6-7,9H2,1H3. The first-order valence-electron chi connectivity index (χ1n) is 6.38. The van der Waals surface area contributed by atoms with E-state index >= 15 is 0 Å². The van der Waals surface area contributed by atoms with Gasteiger partial charge in [-0.1, -0.05) is 6.07 Å². The molecule has 1 N–H and O–H groups in total. The molecule has 0 amide bonds. The number of nitrogens with zero attached hydrogens (tertiary/aromatic N) is 1. The minimum atomic E-state index is 0.747. The molecule has 1 aromatic carbocycles. The largest absolute Gasteiger partial charge is 0.441 e. The average Bonchev–Trinajstić information content (AvgIpc) is 2.70. The first-order valence-corrected chi connectivity index (χ1v) is 6.38. The number of nitrogens with one attached hydrogen (secondary N) is 1. The van der Waals surface area contributed by atoms with Crippen LogP contribution in [0.4, 0.5) is 0 Å². The molecule has 2 heterocycles. The zero-order valence-corrected chi connectivity index (χ0v) is 10.2. The van der Waals surface area contributed by atoms with Crippen molar-refractivity contribution in [1.29, 1.82) is 0 Å². The van der Waals surface area contributed by atoms with Gasteiger partial charge in [0.1, 0.15) is 5.52 Å². The molecule has 90 valence electrons. The molecule has 1 fully saturated rings.